The fraction of sp³-hybridized carbons (Fsp3) is 0.286. The molecule has 0 aliphatic heterocycles. The standard InChI is InChI=1S/C14H17FN2O2/c1-3-18-14-8-12(11(16)7-10(14)15)17-9(2)13-5-4-6-19-13/h4-9,17H,3,16H2,1-2H3. The average Bonchev–Trinajstić information content (AvgIpc) is 2.89. The van der Waals surface area contributed by atoms with Crippen molar-refractivity contribution >= 4 is 11.4 Å². The fourth-order valence-corrected chi connectivity index (χ4v) is 1.80. The van der Waals surface area contributed by atoms with Crippen LogP contribution < -0.4 is 15.8 Å². The number of rotatable bonds is 5. The molecule has 0 saturated heterocycles. The summed E-state index contributed by atoms with van der Waals surface area (Å²) in [5, 5.41) is 3.17. The first-order valence-corrected chi connectivity index (χ1v) is 6.13. The highest BCUT2D eigenvalue weighted by molar-refractivity contribution is 5.69. The predicted molar refractivity (Wildman–Crippen MR) is 72.7 cm³/mol. The lowest BCUT2D eigenvalue weighted by Gasteiger charge is -2.16. The van der Waals surface area contributed by atoms with Gasteiger partial charge in [0.05, 0.1) is 30.3 Å². The number of furan rings is 1. The number of hydrogen-bond donors (Lipinski definition) is 2. The van der Waals surface area contributed by atoms with Gasteiger partial charge in [0, 0.05) is 12.1 Å². The molecule has 19 heavy (non-hydrogen) atoms. The van der Waals surface area contributed by atoms with Gasteiger partial charge in [-0.1, -0.05) is 0 Å². The van der Waals surface area contributed by atoms with Crippen LogP contribution in [0.5, 0.6) is 5.75 Å². The van der Waals surface area contributed by atoms with E-state index < -0.39 is 5.82 Å². The molecular formula is C14H17FN2O2. The fourth-order valence-electron chi connectivity index (χ4n) is 1.80. The zero-order valence-corrected chi connectivity index (χ0v) is 10.9. The molecule has 0 fully saturated rings. The van der Waals surface area contributed by atoms with Gasteiger partial charge in [-0.05, 0) is 26.0 Å². The number of nitrogen functional groups attached to an aromatic ring is 1. The largest absolute Gasteiger partial charge is 0.491 e. The highest BCUT2D eigenvalue weighted by Gasteiger charge is 2.13. The molecule has 0 amide bonds. The third-order valence-electron chi connectivity index (χ3n) is 2.75. The van der Waals surface area contributed by atoms with E-state index in [4.69, 9.17) is 14.9 Å². The molecule has 1 aromatic carbocycles. The van der Waals surface area contributed by atoms with E-state index in [0.717, 1.165) is 5.76 Å². The van der Waals surface area contributed by atoms with Crippen LogP contribution in [-0.2, 0) is 0 Å². The molecule has 0 saturated carbocycles. The number of ether oxygens (including phenoxy) is 1. The number of benzene rings is 1. The van der Waals surface area contributed by atoms with Gasteiger partial charge in [0.25, 0.3) is 0 Å². The van der Waals surface area contributed by atoms with Gasteiger partial charge in [0.1, 0.15) is 5.76 Å². The van der Waals surface area contributed by atoms with E-state index >= 15 is 0 Å². The minimum absolute atomic E-state index is 0.0720. The zero-order valence-electron chi connectivity index (χ0n) is 10.9. The summed E-state index contributed by atoms with van der Waals surface area (Å²) in [6.07, 6.45) is 1.60. The number of nitrogens with one attached hydrogen (secondary N) is 1. The van der Waals surface area contributed by atoms with Gasteiger partial charge in [-0.25, -0.2) is 4.39 Å². The molecule has 0 aliphatic rings. The Bertz CT molecular complexity index is 541. The van der Waals surface area contributed by atoms with Crippen LogP contribution >= 0.6 is 0 Å². The Morgan fingerprint density at radius 1 is 1.47 bits per heavy atom. The summed E-state index contributed by atoms with van der Waals surface area (Å²) in [4.78, 5) is 0. The van der Waals surface area contributed by atoms with E-state index in [1.807, 2.05) is 19.1 Å². The van der Waals surface area contributed by atoms with Crippen LogP contribution in [0.3, 0.4) is 0 Å². The molecular weight excluding hydrogens is 247 g/mol. The van der Waals surface area contributed by atoms with Gasteiger partial charge < -0.3 is 20.2 Å². The lowest BCUT2D eigenvalue weighted by molar-refractivity contribution is 0.322. The smallest absolute Gasteiger partial charge is 0.167 e. The van der Waals surface area contributed by atoms with Crippen LogP contribution in [0.15, 0.2) is 34.9 Å². The molecule has 0 spiro atoms. The summed E-state index contributed by atoms with van der Waals surface area (Å²) in [5.74, 6) is 0.503. The summed E-state index contributed by atoms with van der Waals surface area (Å²) in [7, 11) is 0. The monoisotopic (exact) mass is 264 g/mol. The third kappa shape index (κ3) is 2.99. The maximum Gasteiger partial charge on any atom is 0.167 e. The number of anilines is 2. The first-order chi connectivity index (χ1) is 9.11. The first-order valence-electron chi connectivity index (χ1n) is 6.13. The van der Waals surface area contributed by atoms with E-state index in [2.05, 4.69) is 5.32 Å². The molecule has 102 valence electrons. The number of nitrogens with two attached hydrogens (primary N) is 1. The van der Waals surface area contributed by atoms with E-state index in [1.165, 1.54) is 6.07 Å². The van der Waals surface area contributed by atoms with Crippen LogP contribution in [0, 0.1) is 5.82 Å². The summed E-state index contributed by atoms with van der Waals surface area (Å²) in [6, 6.07) is 6.42. The lowest BCUT2D eigenvalue weighted by Crippen LogP contribution is -2.08. The van der Waals surface area contributed by atoms with Crippen molar-refractivity contribution in [3.05, 3.63) is 42.1 Å². The van der Waals surface area contributed by atoms with Crippen LogP contribution in [0.2, 0.25) is 0 Å². The SMILES string of the molecule is CCOc1cc(NC(C)c2ccco2)c(N)cc1F. The Labute approximate surface area is 111 Å². The van der Waals surface area contributed by atoms with Crippen molar-refractivity contribution in [1.29, 1.82) is 0 Å². The van der Waals surface area contributed by atoms with E-state index in [9.17, 15) is 4.39 Å². The second-order valence-corrected chi connectivity index (χ2v) is 4.18. The van der Waals surface area contributed by atoms with Gasteiger partial charge in [-0.2, -0.15) is 0 Å². The molecule has 2 aromatic rings. The maximum atomic E-state index is 13.6. The van der Waals surface area contributed by atoms with Crippen molar-refractivity contribution in [1.82, 2.24) is 0 Å². The molecule has 5 heteroatoms. The van der Waals surface area contributed by atoms with E-state index in [0.29, 0.717) is 18.0 Å². The van der Waals surface area contributed by atoms with Gasteiger partial charge in [0.15, 0.2) is 11.6 Å². The molecule has 1 aromatic heterocycles. The van der Waals surface area contributed by atoms with Crippen molar-refractivity contribution < 1.29 is 13.5 Å². The number of hydrogen-bond acceptors (Lipinski definition) is 4. The molecule has 1 atom stereocenters. The first kappa shape index (κ1) is 13.3. The van der Waals surface area contributed by atoms with Crippen LogP contribution in [0.25, 0.3) is 0 Å². The van der Waals surface area contributed by atoms with Gasteiger partial charge in [-0.3, -0.25) is 0 Å². The summed E-state index contributed by atoms with van der Waals surface area (Å²) >= 11 is 0. The number of halogens is 1. The molecule has 1 heterocycles. The molecule has 4 nitrogen and oxygen atoms in total. The average molecular weight is 264 g/mol. The van der Waals surface area contributed by atoms with Crippen molar-refractivity contribution in [2.24, 2.45) is 0 Å². The molecule has 2 rings (SSSR count). The van der Waals surface area contributed by atoms with Crippen LogP contribution in [0.1, 0.15) is 25.6 Å². The van der Waals surface area contributed by atoms with Crippen molar-refractivity contribution in [2.45, 2.75) is 19.9 Å². The Balaban J connectivity index is 2.22. The highest BCUT2D eigenvalue weighted by atomic mass is 19.1. The van der Waals surface area contributed by atoms with Crippen molar-refractivity contribution in [3.8, 4) is 5.75 Å². The quantitative estimate of drug-likeness (QED) is 0.810. The molecule has 3 N–H and O–H groups in total. The summed E-state index contributed by atoms with van der Waals surface area (Å²) in [5.41, 5.74) is 6.75. The zero-order chi connectivity index (χ0) is 13.8. The maximum absolute atomic E-state index is 13.6. The van der Waals surface area contributed by atoms with Gasteiger partial charge in [0.2, 0.25) is 0 Å². The van der Waals surface area contributed by atoms with Gasteiger partial charge in [-0.15, -0.1) is 0 Å². The van der Waals surface area contributed by atoms with E-state index in [1.54, 1.807) is 19.3 Å². The normalized spacial score (nSPS) is 12.2. The van der Waals surface area contributed by atoms with Crippen LogP contribution in [0.4, 0.5) is 15.8 Å². The summed E-state index contributed by atoms with van der Waals surface area (Å²) < 4.78 is 24.1. The Morgan fingerprint density at radius 2 is 2.26 bits per heavy atom. The molecule has 0 aliphatic carbocycles. The van der Waals surface area contributed by atoms with Crippen molar-refractivity contribution in [3.63, 3.8) is 0 Å². The molecule has 0 radical (unpaired) electrons. The lowest BCUT2D eigenvalue weighted by atomic mass is 10.2. The predicted octanol–water partition coefficient (Wildman–Crippen LogP) is 3.57. The Hall–Kier alpha value is -2.17. The Morgan fingerprint density at radius 3 is 2.89 bits per heavy atom. The van der Waals surface area contributed by atoms with Crippen molar-refractivity contribution in [2.75, 3.05) is 17.7 Å². The molecule has 1 unspecified atom stereocenters. The minimum Gasteiger partial charge on any atom is -0.491 e. The summed E-state index contributed by atoms with van der Waals surface area (Å²) in [6.45, 7) is 4.13. The van der Waals surface area contributed by atoms with Crippen LogP contribution in [-0.4, -0.2) is 6.61 Å². The van der Waals surface area contributed by atoms with E-state index in [-0.39, 0.29) is 11.8 Å². The minimum atomic E-state index is -0.462. The van der Waals surface area contributed by atoms with Gasteiger partial charge >= 0.3 is 0 Å². The molecule has 0 bridgehead atoms. The highest BCUT2D eigenvalue weighted by Crippen LogP contribution is 2.31. The topological polar surface area (TPSA) is 60.4 Å². The third-order valence-corrected chi connectivity index (χ3v) is 2.75. The Kier molecular flexibility index (Phi) is 3.94. The second-order valence-electron chi connectivity index (χ2n) is 4.18. The second kappa shape index (κ2) is 5.65.